The van der Waals surface area contributed by atoms with Crippen LogP contribution < -0.4 is 5.32 Å². The lowest BCUT2D eigenvalue weighted by atomic mass is 9.79. The van der Waals surface area contributed by atoms with Gasteiger partial charge in [-0.25, -0.2) is 4.79 Å². The minimum Gasteiger partial charge on any atom is -0.481 e. The van der Waals surface area contributed by atoms with Gasteiger partial charge in [0, 0.05) is 12.6 Å². The summed E-state index contributed by atoms with van der Waals surface area (Å²) in [7, 11) is 0. The number of nitrogens with one attached hydrogen (secondary N) is 1. The number of nitrogens with zero attached hydrogens (tertiary/aromatic N) is 1. The van der Waals surface area contributed by atoms with E-state index in [0.29, 0.717) is 5.92 Å². The van der Waals surface area contributed by atoms with Crippen LogP contribution in [0.4, 0.5) is 4.79 Å². The van der Waals surface area contributed by atoms with Crippen molar-refractivity contribution in [2.24, 2.45) is 5.92 Å². The quantitative estimate of drug-likeness (QED) is 0.841. The van der Waals surface area contributed by atoms with E-state index in [0.717, 1.165) is 51.5 Å². The van der Waals surface area contributed by atoms with Gasteiger partial charge < -0.3 is 15.3 Å². The molecule has 1 saturated carbocycles. The Kier molecular flexibility index (Phi) is 5.12. The number of carboxylic acids is 1. The zero-order valence-electron chi connectivity index (χ0n) is 13.2. The molecule has 2 fully saturated rings. The SMILES string of the molecule is CC1CCCN(C(=O)NC2(CC(=O)O)CCCCC2)C1C. The van der Waals surface area contributed by atoms with Crippen molar-refractivity contribution in [1.82, 2.24) is 10.2 Å². The van der Waals surface area contributed by atoms with Crippen molar-refractivity contribution in [2.75, 3.05) is 6.54 Å². The number of aliphatic carboxylic acids is 1. The third-order valence-electron chi connectivity index (χ3n) is 5.31. The number of likely N-dealkylation sites (tertiary alicyclic amines) is 1. The van der Waals surface area contributed by atoms with Crippen LogP contribution in [0.5, 0.6) is 0 Å². The first-order chi connectivity index (χ1) is 9.93. The molecule has 2 amide bonds. The van der Waals surface area contributed by atoms with Crippen molar-refractivity contribution < 1.29 is 14.7 Å². The van der Waals surface area contributed by atoms with Crippen LogP contribution in [0.1, 0.15) is 65.2 Å². The molecule has 5 nitrogen and oxygen atoms in total. The van der Waals surface area contributed by atoms with Crippen LogP contribution in [0.25, 0.3) is 0 Å². The number of piperidine rings is 1. The second-order valence-electron chi connectivity index (χ2n) is 6.90. The summed E-state index contributed by atoms with van der Waals surface area (Å²) in [5.41, 5.74) is -0.540. The van der Waals surface area contributed by atoms with Crippen molar-refractivity contribution >= 4 is 12.0 Å². The maximum atomic E-state index is 12.6. The fraction of sp³-hybridized carbons (Fsp3) is 0.875. The molecule has 2 rings (SSSR count). The highest BCUT2D eigenvalue weighted by atomic mass is 16.4. The van der Waals surface area contributed by atoms with E-state index in [2.05, 4.69) is 19.2 Å². The van der Waals surface area contributed by atoms with Crippen molar-refractivity contribution in [1.29, 1.82) is 0 Å². The van der Waals surface area contributed by atoms with Crippen LogP contribution in [-0.2, 0) is 4.79 Å². The molecular weight excluding hydrogens is 268 g/mol. The van der Waals surface area contributed by atoms with Crippen molar-refractivity contribution in [3.05, 3.63) is 0 Å². The fourth-order valence-corrected chi connectivity index (χ4v) is 3.78. The summed E-state index contributed by atoms with van der Waals surface area (Å²) in [5.74, 6) is -0.316. The van der Waals surface area contributed by atoms with Crippen LogP contribution in [-0.4, -0.2) is 40.1 Å². The molecule has 1 heterocycles. The Hall–Kier alpha value is -1.26. The molecule has 0 radical (unpaired) electrons. The molecule has 0 aromatic heterocycles. The first kappa shape index (κ1) is 16.1. The predicted molar refractivity (Wildman–Crippen MR) is 81.2 cm³/mol. The van der Waals surface area contributed by atoms with Gasteiger partial charge in [0.2, 0.25) is 0 Å². The Bertz CT molecular complexity index is 391. The minimum absolute atomic E-state index is 0.0382. The second-order valence-corrected chi connectivity index (χ2v) is 6.90. The summed E-state index contributed by atoms with van der Waals surface area (Å²) in [6, 6.07) is 0.154. The largest absolute Gasteiger partial charge is 0.481 e. The van der Waals surface area contributed by atoms with E-state index < -0.39 is 11.5 Å². The Morgan fingerprint density at radius 2 is 1.86 bits per heavy atom. The number of carbonyl (C=O) groups is 2. The smallest absolute Gasteiger partial charge is 0.318 e. The van der Waals surface area contributed by atoms with E-state index in [9.17, 15) is 14.7 Å². The third kappa shape index (κ3) is 3.89. The van der Waals surface area contributed by atoms with Gasteiger partial charge in [-0.2, -0.15) is 0 Å². The van der Waals surface area contributed by atoms with Crippen LogP contribution >= 0.6 is 0 Å². The second kappa shape index (κ2) is 6.67. The van der Waals surface area contributed by atoms with Gasteiger partial charge in [-0.3, -0.25) is 4.79 Å². The number of carbonyl (C=O) groups excluding carboxylic acids is 1. The van der Waals surface area contributed by atoms with Gasteiger partial charge in [-0.15, -0.1) is 0 Å². The van der Waals surface area contributed by atoms with E-state index in [4.69, 9.17) is 0 Å². The summed E-state index contributed by atoms with van der Waals surface area (Å²) < 4.78 is 0. The van der Waals surface area contributed by atoms with Gasteiger partial charge in [-0.05, 0) is 38.5 Å². The molecule has 2 N–H and O–H groups in total. The Labute approximate surface area is 127 Å². The molecular formula is C16H28N2O3. The van der Waals surface area contributed by atoms with E-state index in [1.54, 1.807) is 0 Å². The number of urea groups is 1. The normalized spacial score (nSPS) is 29.0. The Balaban J connectivity index is 2.05. The standard InChI is InChI=1S/C16H28N2O3/c1-12-7-6-10-18(13(12)2)15(21)17-16(11-14(19)20)8-4-3-5-9-16/h12-13H,3-11H2,1-2H3,(H,17,21)(H,19,20). The van der Waals surface area contributed by atoms with E-state index in [1.165, 1.54) is 0 Å². The van der Waals surface area contributed by atoms with Gasteiger partial charge in [0.25, 0.3) is 0 Å². The number of carboxylic acid groups (broad SMARTS) is 1. The monoisotopic (exact) mass is 296 g/mol. The lowest BCUT2D eigenvalue weighted by Crippen LogP contribution is -2.58. The number of amides is 2. The fourth-order valence-electron chi connectivity index (χ4n) is 3.78. The van der Waals surface area contributed by atoms with E-state index in [-0.39, 0.29) is 18.5 Å². The molecule has 1 saturated heterocycles. The molecule has 0 aromatic rings. The Morgan fingerprint density at radius 1 is 1.19 bits per heavy atom. The highest BCUT2D eigenvalue weighted by molar-refractivity contribution is 5.77. The number of hydrogen-bond donors (Lipinski definition) is 2. The zero-order chi connectivity index (χ0) is 15.5. The highest BCUT2D eigenvalue weighted by Gasteiger charge is 2.38. The van der Waals surface area contributed by atoms with E-state index >= 15 is 0 Å². The van der Waals surface area contributed by atoms with Crippen LogP contribution in [0, 0.1) is 5.92 Å². The number of rotatable bonds is 3. The Morgan fingerprint density at radius 3 is 2.48 bits per heavy atom. The molecule has 0 bridgehead atoms. The first-order valence-corrected chi connectivity index (χ1v) is 8.24. The van der Waals surface area contributed by atoms with Gasteiger partial charge >= 0.3 is 12.0 Å². The highest BCUT2D eigenvalue weighted by Crippen LogP contribution is 2.32. The maximum Gasteiger partial charge on any atom is 0.318 e. The zero-order valence-corrected chi connectivity index (χ0v) is 13.2. The predicted octanol–water partition coefficient (Wildman–Crippen LogP) is 2.99. The average Bonchev–Trinajstić information content (AvgIpc) is 2.41. The molecule has 2 aliphatic rings. The van der Waals surface area contributed by atoms with Crippen molar-refractivity contribution in [2.45, 2.75) is 76.8 Å². The van der Waals surface area contributed by atoms with Gasteiger partial charge in [0.05, 0.1) is 12.0 Å². The molecule has 5 heteroatoms. The summed E-state index contributed by atoms with van der Waals surface area (Å²) in [6.45, 7) is 5.05. The first-order valence-electron chi connectivity index (χ1n) is 8.24. The molecule has 2 atom stereocenters. The summed E-state index contributed by atoms with van der Waals surface area (Å²) in [6.07, 6.45) is 6.92. The van der Waals surface area contributed by atoms with Gasteiger partial charge in [-0.1, -0.05) is 26.2 Å². The van der Waals surface area contributed by atoms with Crippen LogP contribution in [0.2, 0.25) is 0 Å². The molecule has 21 heavy (non-hydrogen) atoms. The van der Waals surface area contributed by atoms with Crippen molar-refractivity contribution in [3.63, 3.8) is 0 Å². The van der Waals surface area contributed by atoms with E-state index in [1.807, 2.05) is 4.90 Å². The average molecular weight is 296 g/mol. The van der Waals surface area contributed by atoms with Gasteiger partial charge in [0.15, 0.2) is 0 Å². The maximum absolute atomic E-state index is 12.6. The lowest BCUT2D eigenvalue weighted by molar-refractivity contribution is -0.139. The molecule has 120 valence electrons. The lowest BCUT2D eigenvalue weighted by Gasteiger charge is -2.42. The van der Waals surface area contributed by atoms with Gasteiger partial charge in [0.1, 0.15) is 0 Å². The van der Waals surface area contributed by atoms with Crippen LogP contribution in [0.15, 0.2) is 0 Å². The topological polar surface area (TPSA) is 69.6 Å². The third-order valence-corrected chi connectivity index (χ3v) is 5.31. The molecule has 1 aliphatic heterocycles. The van der Waals surface area contributed by atoms with Crippen molar-refractivity contribution in [3.8, 4) is 0 Å². The minimum atomic E-state index is -0.822. The van der Waals surface area contributed by atoms with Crippen LogP contribution in [0.3, 0.4) is 0 Å². The summed E-state index contributed by atoms with van der Waals surface area (Å²) in [5, 5.41) is 12.3. The summed E-state index contributed by atoms with van der Waals surface area (Å²) >= 11 is 0. The molecule has 0 aromatic carbocycles. The summed E-state index contributed by atoms with van der Waals surface area (Å²) in [4.78, 5) is 25.7. The molecule has 2 unspecified atom stereocenters. The molecule has 1 aliphatic carbocycles. The molecule has 0 spiro atoms. The number of hydrogen-bond acceptors (Lipinski definition) is 2.